The second kappa shape index (κ2) is 13.8. The largest absolute Gasteiger partial charge is 0.493 e. The van der Waals surface area contributed by atoms with Gasteiger partial charge in [-0.2, -0.15) is 15.2 Å². The molecule has 1 aliphatic heterocycles. The predicted molar refractivity (Wildman–Crippen MR) is 175 cm³/mol. The van der Waals surface area contributed by atoms with E-state index in [1.165, 1.54) is 0 Å². The number of rotatable bonds is 10. The number of nitrogens with one attached hydrogen (secondary N) is 1. The molecule has 4 aromatic rings. The lowest BCUT2D eigenvalue weighted by atomic mass is 10.0. The Morgan fingerprint density at radius 2 is 1.78 bits per heavy atom. The molecule has 0 aliphatic carbocycles. The normalized spacial score (nSPS) is 13.6. The van der Waals surface area contributed by atoms with Gasteiger partial charge in [-0.25, -0.2) is 9.78 Å². The number of benzene rings is 2. The molecule has 0 bridgehead atoms. The fraction of sp³-hybridized carbons (Fsp3) is 0.441. The lowest BCUT2D eigenvalue weighted by Crippen LogP contribution is -2.50. The van der Waals surface area contributed by atoms with Gasteiger partial charge in [-0.15, -0.1) is 0 Å². The zero-order chi connectivity index (χ0) is 32.0. The highest BCUT2D eigenvalue weighted by Gasteiger charge is 2.28. The van der Waals surface area contributed by atoms with Crippen LogP contribution in [0, 0.1) is 11.3 Å². The quantitative estimate of drug-likeness (QED) is 0.203. The van der Waals surface area contributed by atoms with Crippen molar-refractivity contribution in [1.82, 2.24) is 24.4 Å². The Hall–Kier alpha value is -4.85. The number of para-hydroxylation sites is 1. The summed E-state index contributed by atoms with van der Waals surface area (Å²) >= 11 is 0. The number of nitrogens with zero attached hydrogens (tertiary/aromatic N) is 7. The number of piperazine rings is 1. The van der Waals surface area contributed by atoms with Crippen LogP contribution in [0.1, 0.15) is 59.1 Å². The number of hydrogen-bond acceptors (Lipinski definition) is 9. The van der Waals surface area contributed by atoms with Gasteiger partial charge in [0.05, 0.1) is 19.0 Å². The Morgan fingerprint density at radius 1 is 1.04 bits per heavy atom. The number of fused-ring (bicyclic) bond motifs is 1. The molecular weight excluding hydrogens is 568 g/mol. The molecule has 11 nitrogen and oxygen atoms in total. The number of amides is 1. The van der Waals surface area contributed by atoms with Crippen molar-refractivity contribution in [2.24, 2.45) is 0 Å². The Morgan fingerprint density at radius 3 is 2.47 bits per heavy atom. The number of aromatic nitrogens is 4. The fourth-order valence-corrected chi connectivity index (χ4v) is 5.12. The van der Waals surface area contributed by atoms with Crippen LogP contribution in [0.2, 0.25) is 0 Å². The highest BCUT2D eigenvalue weighted by atomic mass is 16.6. The van der Waals surface area contributed by atoms with Crippen molar-refractivity contribution in [2.75, 3.05) is 43.0 Å². The fourth-order valence-electron chi connectivity index (χ4n) is 5.12. The first kappa shape index (κ1) is 31.6. The second-order valence-electron chi connectivity index (χ2n) is 12.4. The highest BCUT2D eigenvalue weighted by molar-refractivity contribution is 5.84. The number of ether oxygens (including phenoxy) is 2. The molecule has 2 aromatic heterocycles. The van der Waals surface area contributed by atoms with Crippen molar-refractivity contribution < 1.29 is 14.3 Å². The average Bonchev–Trinajstić information content (AvgIpc) is 3.46. The number of anilines is 2. The molecule has 1 N–H and O–H groups in total. The summed E-state index contributed by atoms with van der Waals surface area (Å²) in [5.74, 6) is 2.09. The first-order valence-corrected chi connectivity index (χ1v) is 15.5. The number of imidazole rings is 1. The van der Waals surface area contributed by atoms with Gasteiger partial charge in [0.1, 0.15) is 11.4 Å². The molecular formula is C34H42N8O3. The molecule has 236 valence electrons. The molecule has 1 amide bonds. The first-order valence-electron chi connectivity index (χ1n) is 15.5. The number of nitriles is 1. The Bertz CT molecular complexity index is 1640. The van der Waals surface area contributed by atoms with Crippen LogP contribution in [0.3, 0.4) is 0 Å². The van der Waals surface area contributed by atoms with Crippen LogP contribution in [-0.4, -0.2) is 68.9 Å². The van der Waals surface area contributed by atoms with Gasteiger partial charge in [0.2, 0.25) is 5.95 Å². The van der Waals surface area contributed by atoms with E-state index in [1.54, 1.807) is 4.90 Å². The second-order valence-corrected chi connectivity index (χ2v) is 12.4. The number of hydrogen-bond donors (Lipinski definition) is 1. The number of unbranched alkanes of at least 4 members (excludes halogenated alkanes) is 1. The lowest BCUT2D eigenvalue weighted by molar-refractivity contribution is 0.0240. The molecule has 5 rings (SSSR count). The maximum atomic E-state index is 12.6. The number of carbonyl (C=O) groups excluding carboxylic acids is 1. The van der Waals surface area contributed by atoms with Crippen LogP contribution >= 0.6 is 0 Å². The maximum absolute atomic E-state index is 12.6. The topological polar surface area (TPSA) is 121 Å². The number of carbonyl (C=O) groups is 1. The molecule has 0 unspecified atom stereocenters. The SMILES string of the molecule is CC(C)n1cnc2c(NCc3ccc(-c4ccccc4OCCCC#N)cc3)nc(N3CCN(C(=O)OC(C)(C)C)CC3)nc21. The van der Waals surface area contributed by atoms with Gasteiger partial charge >= 0.3 is 6.09 Å². The summed E-state index contributed by atoms with van der Waals surface area (Å²) in [5.41, 5.74) is 4.13. The molecule has 0 radical (unpaired) electrons. The van der Waals surface area contributed by atoms with Gasteiger partial charge < -0.3 is 29.2 Å². The third-order valence-electron chi connectivity index (χ3n) is 7.48. The summed E-state index contributed by atoms with van der Waals surface area (Å²) < 4.78 is 13.6. The van der Waals surface area contributed by atoms with E-state index >= 15 is 0 Å². The van der Waals surface area contributed by atoms with Crippen LogP contribution in [0.15, 0.2) is 54.9 Å². The Balaban J connectivity index is 1.31. The van der Waals surface area contributed by atoms with E-state index < -0.39 is 5.60 Å². The van der Waals surface area contributed by atoms with E-state index in [-0.39, 0.29) is 12.1 Å². The predicted octanol–water partition coefficient (Wildman–Crippen LogP) is 6.43. The molecule has 1 aliphatic rings. The molecule has 1 saturated heterocycles. The van der Waals surface area contributed by atoms with Crippen LogP contribution in [0.25, 0.3) is 22.3 Å². The van der Waals surface area contributed by atoms with Crippen molar-refractivity contribution in [2.45, 2.75) is 65.6 Å². The standard InChI is InChI=1S/C34H42N8O3/c1-24(2)42-23-37-29-30(38-32(39-31(29)42)40-17-19-41(20-18-40)33(43)45-34(3,4)5)36-22-25-12-14-26(15-13-25)27-10-6-7-11-28(27)44-21-9-8-16-35/h6-7,10-15,23-24H,8-9,17-22H2,1-5H3,(H,36,38,39). The van der Waals surface area contributed by atoms with Crippen molar-refractivity contribution in [1.29, 1.82) is 5.26 Å². The van der Waals surface area contributed by atoms with E-state index in [0.717, 1.165) is 33.6 Å². The van der Waals surface area contributed by atoms with E-state index in [2.05, 4.69) is 63.9 Å². The van der Waals surface area contributed by atoms with Crippen LogP contribution in [0.4, 0.5) is 16.6 Å². The van der Waals surface area contributed by atoms with Crippen molar-refractivity contribution in [3.05, 3.63) is 60.4 Å². The minimum atomic E-state index is -0.531. The van der Waals surface area contributed by atoms with Gasteiger partial charge in [0, 0.05) is 50.7 Å². The van der Waals surface area contributed by atoms with E-state index in [0.29, 0.717) is 63.9 Å². The lowest BCUT2D eigenvalue weighted by Gasteiger charge is -2.35. The van der Waals surface area contributed by atoms with Crippen molar-refractivity contribution >= 4 is 29.0 Å². The molecule has 11 heteroatoms. The molecule has 2 aromatic carbocycles. The van der Waals surface area contributed by atoms with Gasteiger partial charge in [-0.3, -0.25) is 0 Å². The minimum absolute atomic E-state index is 0.181. The van der Waals surface area contributed by atoms with Crippen LogP contribution in [-0.2, 0) is 11.3 Å². The highest BCUT2D eigenvalue weighted by Crippen LogP contribution is 2.31. The molecule has 0 saturated carbocycles. The third-order valence-corrected chi connectivity index (χ3v) is 7.48. The monoisotopic (exact) mass is 610 g/mol. The minimum Gasteiger partial charge on any atom is -0.493 e. The summed E-state index contributed by atoms with van der Waals surface area (Å²) in [7, 11) is 0. The molecule has 45 heavy (non-hydrogen) atoms. The molecule has 0 spiro atoms. The smallest absolute Gasteiger partial charge is 0.410 e. The zero-order valence-corrected chi connectivity index (χ0v) is 26.8. The summed E-state index contributed by atoms with van der Waals surface area (Å²) in [6, 6.07) is 18.7. The van der Waals surface area contributed by atoms with E-state index in [9.17, 15) is 4.79 Å². The van der Waals surface area contributed by atoms with Crippen LogP contribution < -0.4 is 15.0 Å². The van der Waals surface area contributed by atoms with Crippen LogP contribution in [0.5, 0.6) is 5.75 Å². The summed E-state index contributed by atoms with van der Waals surface area (Å²) in [4.78, 5) is 30.9. The summed E-state index contributed by atoms with van der Waals surface area (Å²) in [6.07, 6.45) is 2.70. The van der Waals surface area contributed by atoms with E-state index in [1.807, 2.05) is 51.4 Å². The third kappa shape index (κ3) is 7.81. The summed E-state index contributed by atoms with van der Waals surface area (Å²) in [6.45, 7) is 13.2. The molecule has 0 atom stereocenters. The van der Waals surface area contributed by atoms with Gasteiger partial charge in [-0.1, -0.05) is 42.5 Å². The van der Waals surface area contributed by atoms with E-state index in [4.69, 9.17) is 24.7 Å². The van der Waals surface area contributed by atoms with Gasteiger partial charge in [0.25, 0.3) is 0 Å². The zero-order valence-electron chi connectivity index (χ0n) is 26.8. The Labute approximate surface area is 264 Å². The van der Waals surface area contributed by atoms with Crippen molar-refractivity contribution in [3.63, 3.8) is 0 Å². The molecule has 3 heterocycles. The van der Waals surface area contributed by atoms with Crippen molar-refractivity contribution in [3.8, 4) is 22.9 Å². The van der Waals surface area contributed by atoms with Gasteiger partial charge in [0.15, 0.2) is 17.0 Å². The first-order chi connectivity index (χ1) is 21.6. The average molecular weight is 611 g/mol. The molecule has 1 fully saturated rings. The van der Waals surface area contributed by atoms with Gasteiger partial charge in [-0.05, 0) is 58.2 Å². The maximum Gasteiger partial charge on any atom is 0.410 e. The Kier molecular flexibility index (Phi) is 9.71. The summed E-state index contributed by atoms with van der Waals surface area (Å²) in [5, 5.41) is 12.3.